The van der Waals surface area contributed by atoms with Crippen molar-refractivity contribution in [1.29, 1.82) is 0 Å². The monoisotopic (exact) mass is 360 g/mol. The van der Waals surface area contributed by atoms with E-state index < -0.39 is 18.0 Å². The van der Waals surface area contributed by atoms with Crippen LogP contribution in [0.5, 0.6) is 0 Å². The Bertz CT molecular complexity index is 938. The zero-order valence-electron chi connectivity index (χ0n) is 12.7. The fraction of sp³-hybridized carbons (Fsp3) is 0.118. The third kappa shape index (κ3) is 3.25. The molecule has 2 N–H and O–H groups in total. The molecular formula is C17H13ClN2O3S. The number of pyridine rings is 1. The summed E-state index contributed by atoms with van der Waals surface area (Å²) in [5.74, 6) is -1.32. The minimum absolute atomic E-state index is 0.327. The van der Waals surface area contributed by atoms with Gasteiger partial charge in [0.15, 0.2) is 6.10 Å². The number of primary amides is 1. The molecule has 24 heavy (non-hydrogen) atoms. The fourth-order valence-electron chi connectivity index (χ4n) is 2.20. The van der Waals surface area contributed by atoms with Gasteiger partial charge >= 0.3 is 5.97 Å². The van der Waals surface area contributed by atoms with Crippen LogP contribution in [-0.4, -0.2) is 23.0 Å². The van der Waals surface area contributed by atoms with E-state index in [1.807, 2.05) is 18.2 Å². The molecule has 1 atom stereocenters. The lowest BCUT2D eigenvalue weighted by molar-refractivity contribution is -0.125. The van der Waals surface area contributed by atoms with Crippen LogP contribution in [-0.2, 0) is 9.53 Å². The Labute approximate surface area is 147 Å². The van der Waals surface area contributed by atoms with Crippen molar-refractivity contribution in [2.24, 2.45) is 5.73 Å². The summed E-state index contributed by atoms with van der Waals surface area (Å²) < 4.78 is 5.77. The van der Waals surface area contributed by atoms with Gasteiger partial charge in [0, 0.05) is 5.39 Å². The van der Waals surface area contributed by atoms with E-state index in [4.69, 9.17) is 22.1 Å². The van der Waals surface area contributed by atoms with Crippen molar-refractivity contribution in [2.45, 2.75) is 13.0 Å². The molecule has 1 amide bonds. The highest BCUT2D eigenvalue weighted by atomic mass is 35.5. The van der Waals surface area contributed by atoms with Gasteiger partial charge in [0.1, 0.15) is 0 Å². The Morgan fingerprint density at radius 2 is 2.00 bits per heavy atom. The van der Waals surface area contributed by atoms with Gasteiger partial charge in [-0.2, -0.15) is 0 Å². The van der Waals surface area contributed by atoms with Crippen LogP contribution >= 0.6 is 22.9 Å². The number of carbonyl (C=O) groups is 2. The van der Waals surface area contributed by atoms with Crippen molar-refractivity contribution in [1.82, 2.24) is 4.98 Å². The van der Waals surface area contributed by atoms with Crippen LogP contribution in [0.25, 0.3) is 21.5 Å². The first-order chi connectivity index (χ1) is 11.5. The van der Waals surface area contributed by atoms with Gasteiger partial charge in [0.25, 0.3) is 5.91 Å². The molecule has 0 aliphatic heterocycles. The van der Waals surface area contributed by atoms with Crippen LogP contribution in [0.3, 0.4) is 0 Å². The van der Waals surface area contributed by atoms with Crippen LogP contribution in [0.4, 0.5) is 0 Å². The third-order valence-corrected chi connectivity index (χ3v) is 4.70. The SMILES string of the molecule is C[C@H](OC(=O)c1cc(-c2ccc(Cl)s2)nc2ccccc12)C(N)=O. The van der Waals surface area contributed by atoms with Crippen molar-refractivity contribution in [3.05, 3.63) is 52.4 Å². The molecule has 0 saturated carbocycles. The molecule has 0 spiro atoms. The highest BCUT2D eigenvalue weighted by Crippen LogP contribution is 2.32. The Kier molecular flexibility index (Phi) is 4.51. The second kappa shape index (κ2) is 6.59. The lowest BCUT2D eigenvalue weighted by atomic mass is 10.1. The average Bonchev–Trinajstić information content (AvgIpc) is 3.00. The zero-order valence-corrected chi connectivity index (χ0v) is 14.2. The molecule has 3 rings (SSSR count). The van der Waals surface area contributed by atoms with Gasteiger partial charge in [0.05, 0.1) is 26.0 Å². The topological polar surface area (TPSA) is 82.3 Å². The second-order valence-electron chi connectivity index (χ2n) is 5.13. The fourth-order valence-corrected chi connectivity index (χ4v) is 3.21. The van der Waals surface area contributed by atoms with Gasteiger partial charge in [0.2, 0.25) is 0 Å². The van der Waals surface area contributed by atoms with E-state index in [1.54, 1.807) is 24.3 Å². The maximum atomic E-state index is 12.5. The summed E-state index contributed by atoms with van der Waals surface area (Å²) in [6, 6.07) is 12.5. The van der Waals surface area contributed by atoms with E-state index in [2.05, 4.69) is 4.98 Å². The Morgan fingerprint density at radius 3 is 2.67 bits per heavy atom. The van der Waals surface area contributed by atoms with Crippen LogP contribution in [0.2, 0.25) is 4.34 Å². The molecule has 3 aromatic rings. The molecule has 2 heterocycles. The maximum absolute atomic E-state index is 12.5. The van der Waals surface area contributed by atoms with Gasteiger partial charge in [-0.3, -0.25) is 4.79 Å². The molecule has 2 aromatic heterocycles. The molecule has 0 aliphatic rings. The third-order valence-electron chi connectivity index (χ3n) is 3.45. The zero-order chi connectivity index (χ0) is 17.3. The molecule has 5 nitrogen and oxygen atoms in total. The minimum Gasteiger partial charge on any atom is -0.449 e. The molecule has 0 unspecified atom stereocenters. The van der Waals surface area contributed by atoms with Gasteiger partial charge in [-0.25, -0.2) is 9.78 Å². The van der Waals surface area contributed by atoms with Crippen molar-refractivity contribution >= 4 is 45.7 Å². The van der Waals surface area contributed by atoms with E-state index in [-0.39, 0.29) is 0 Å². The normalized spacial score (nSPS) is 12.1. The minimum atomic E-state index is -1.01. The summed E-state index contributed by atoms with van der Waals surface area (Å²) in [6.45, 7) is 1.43. The average molecular weight is 361 g/mol. The molecular weight excluding hydrogens is 348 g/mol. The number of fused-ring (bicyclic) bond motifs is 1. The van der Waals surface area contributed by atoms with Crippen molar-refractivity contribution in [3.8, 4) is 10.6 Å². The number of nitrogens with zero attached hydrogens (tertiary/aromatic N) is 1. The number of nitrogens with two attached hydrogens (primary N) is 1. The van der Waals surface area contributed by atoms with Gasteiger partial charge in [-0.05, 0) is 31.2 Å². The van der Waals surface area contributed by atoms with Crippen molar-refractivity contribution in [3.63, 3.8) is 0 Å². The van der Waals surface area contributed by atoms with Crippen LogP contribution in [0, 0.1) is 0 Å². The summed E-state index contributed by atoms with van der Waals surface area (Å²) in [6.07, 6.45) is -1.01. The van der Waals surface area contributed by atoms with E-state index >= 15 is 0 Å². The standard InChI is InChI=1S/C17H13ClN2O3S/c1-9(16(19)21)23-17(22)11-8-13(14-6-7-15(18)24-14)20-12-5-3-2-4-10(11)12/h2-9H,1H3,(H2,19,21)/t9-/m0/s1. The number of amides is 1. The van der Waals surface area contributed by atoms with Crippen LogP contribution in [0.15, 0.2) is 42.5 Å². The van der Waals surface area contributed by atoms with Gasteiger partial charge < -0.3 is 10.5 Å². The molecule has 0 fully saturated rings. The number of benzene rings is 1. The number of halogens is 1. The summed E-state index contributed by atoms with van der Waals surface area (Å²) >= 11 is 7.35. The highest BCUT2D eigenvalue weighted by molar-refractivity contribution is 7.19. The number of rotatable bonds is 4. The number of hydrogen-bond acceptors (Lipinski definition) is 5. The maximum Gasteiger partial charge on any atom is 0.339 e. The number of thiophene rings is 1. The molecule has 0 radical (unpaired) electrons. The number of ether oxygens (including phenoxy) is 1. The van der Waals surface area contributed by atoms with E-state index in [9.17, 15) is 9.59 Å². The number of esters is 1. The molecule has 1 aromatic carbocycles. The van der Waals surface area contributed by atoms with Crippen molar-refractivity contribution in [2.75, 3.05) is 0 Å². The first-order valence-electron chi connectivity index (χ1n) is 7.11. The summed E-state index contributed by atoms with van der Waals surface area (Å²) in [5, 5.41) is 0.644. The van der Waals surface area contributed by atoms with E-state index in [1.165, 1.54) is 18.3 Å². The highest BCUT2D eigenvalue weighted by Gasteiger charge is 2.20. The van der Waals surface area contributed by atoms with E-state index in [0.717, 1.165) is 4.88 Å². The Hall–Kier alpha value is -2.44. The largest absolute Gasteiger partial charge is 0.449 e. The van der Waals surface area contributed by atoms with E-state index in [0.29, 0.717) is 26.5 Å². The Morgan fingerprint density at radius 1 is 1.25 bits per heavy atom. The molecule has 0 aliphatic carbocycles. The number of hydrogen-bond donors (Lipinski definition) is 1. The lowest BCUT2D eigenvalue weighted by Crippen LogP contribution is -2.30. The van der Waals surface area contributed by atoms with Gasteiger partial charge in [-0.15, -0.1) is 11.3 Å². The quantitative estimate of drug-likeness (QED) is 0.720. The number of aromatic nitrogens is 1. The molecule has 122 valence electrons. The predicted octanol–water partition coefficient (Wildman–Crippen LogP) is 3.65. The van der Waals surface area contributed by atoms with Crippen LogP contribution < -0.4 is 5.73 Å². The van der Waals surface area contributed by atoms with Crippen molar-refractivity contribution < 1.29 is 14.3 Å². The van der Waals surface area contributed by atoms with Crippen LogP contribution in [0.1, 0.15) is 17.3 Å². The Balaban J connectivity index is 2.11. The first kappa shape index (κ1) is 16.4. The summed E-state index contributed by atoms with van der Waals surface area (Å²) in [5.41, 5.74) is 6.75. The lowest BCUT2D eigenvalue weighted by Gasteiger charge is -2.12. The molecule has 0 saturated heterocycles. The first-order valence-corrected chi connectivity index (χ1v) is 8.31. The number of carbonyl (C=O) groups excluding carboxylic acids is 2. The summed E-state index contributed by atoms with van der Waals surface area (Å²) in [7, 11) is 0. The molecule has 0 bridgehead atoms. The number of para-hydroxylation sites is 1. The van der Waals surface area contributed by atoms with Gasteiger partial charge in [-0.1, -0.05) is 29.8 Å². The molecule has 7 heteroatoms. The second-order valence-corrected chi connectivity index (χ2v) is 6.84. The predicted molar refractivity (Wildman–Crippen MR) is 94.1 cm³/mol. The smallest absolute Gasteiger partial charge is 0.339 e. The summed E-state index contributed by atoms with van der Waals surface area (Å²) in [4.78, 5) is 29.0.